The first-order valence-electron chi connectivity index (χ1n) is 11.7. The number of morpholine rings is 1. The summed E-state index contributed by atoms with van der Waals surface area (Å²) in [6.07, 6.45) is 1.54. The van der Waals surface area contributed by atoms with Crippen LogP contribution in [0.1, 0.15) is 51.7 Å². The van der Waals surface area contributed by atoms with Crippen LogP contribution in [-0.4, -0.2) is 68.6 Å². The highest BCUT2D eigenvalue weighted by atomic mass is 32.2. The number of hydrogen-bond acceptors (Lipinski definition) is 5. The van der Waals surface area contributed by atoms with E-state index in [9.17, 15) is 13.2 Å². The van der Waals surface area contributed by atoms with Crippen LogP contribution in [0, 0.1) is 18.7 Å². The highest BCUT2D eigenvalue weighted by Gasteiger charge is 2.29. The first kappa shape index (κ1) is 25.0. The minimum atomic E-state index is -3.08. The zero-order valence-electron chi connectivity index (χ0n) is 19.9. The fourth-order valence-corrected chi connectivity index (χ4v) is 6.10. The molecule has 2 fully saturated rings. The maximum atomic E-state index is 15.2. The van der Waals surface area contributed by atoms with Crippen LogP contribution in [0.3, 0.4) is 0 Å². The minimum Gasteiger partial charge on any atom is -0.372 e. The average Bonchev–Trinajstić information content (AvgIpc) is 2.71. The Labute approximate surface area is 192 Å². The van der Waals surface area contributed by atoms with Crippen molar-refractivity contribution >= 4 is 21.4 Å². The zero-order chi connectivity index (χ0) is 23.6. The number of rotatable bonds is 6. The predicted molar refractivity (Wildman–Crippen MR) is 125 cm³/mol. The van der Waals surface area contributed by atoms with Gasteiger partial charge >= 0.3 is 0 Å². The Morgan fingerprint density at radius 3 is 2.31 bits per heavy atom. The summed E-state index contributed by atoms with van der Waals surface area (Å²) in [7, 11) is -3.08. The second kappa shape index (κ2) is 10.1. The number of carbonyl (C=O) groups is 1. The van der Waals surface area contributed by atoms with Gasteiger partial charge in [0, 0.05) is 37.4 Å². The van der Waals surface area contributed by atoms with E-state index >= 15 is 4.39 Å². The van der Waals surface area contributed by atoms with Crippen LogP contribution >= 0.6 is 0 Å². The van der Waals surface area contributed by atoms with Gasteiger partial charge in [-0.2, -0.15) is 0 Å². The number of halogens is 1. The molecule has 2 aliphatic rings. The molecule has 0 N–H and O–H groups in total. The van der Waals surface area contributed by atoms with Crippen molar-refractivity contribution in [2.75, 3.05) is 36.8 Å². The molecule has 6 nitrogen and oxygen atoms in total. The number of carbonyl (C=O) groups excluding carboxylic acids is 1. The molecule has 2 heterocycles. The summed E-state index contributed by atoms with van der Waals surface area (Å²) in [6.45, 7) is 11.7. The van der Waals surface area contributed by atoms with E-state index in [0.29, 0.717) is 50.1 Å². The number of hydrogen-bond donors (Lipinski definition) is 0. The zero-order valence-corrected chi connectivity index (χ0v) is 20.8. The van der Waals surface area contributed by atoms with E-state index < -0.39 is 9.84 Å². The van der Waals surface area contributed by atoms with Crippen molar-refractivity contribution in [3.8, 4) is 0 Å². The number of anilines is 1. The van der Waals surface area contributed by atoms with Crippen LogP contribution in [0.5, 0.6) is 0 Å². The number of nitrogens with zero attached hydrogens (tertiary/aromatic N) is 2. The maximum Gasteiger partial charge on any atom is 0.227 e. The highest BCUT2D eigenvalue weighted by Crippen LogP contribution is 2.29. The molecular weight excluding hydrogens is 431 g/mol. The summed E-state index contributed by atoms with van der Waals surface area (Å²) in [5.74, 6) is -0.153. The van der Waals surface area contributed by atoms with Crippen molar-refractivity contribution < 1.29 is 22.3 Å². The number of amides is 1. The Morgan fingerprint density at radius 2 is 1.75 bits per heavy atom. The van der Waals surface area contributed by atoms with Crippen LogP contribution in [0.15, 0.2) is 12.1 Å². The van der Waals surface area contributed by atoms with E-state index in [1.54, 1.807) is 31.7 Å². The van der Waals surface area contributed by atoms with Crippen molar-refractivity contribution in [1.29, 1.82) is 0 Å². The van der Waals surface area contributed by atoms with Crippen LogP contribution in [0.4, 0.5) is 10.1 Å². The summed E-state index contributed by atoms with van der Waals surface area (Å²) >= 11 is 0. The molecule has 2 atom stereocenters. The lowest BCUT2D eigenvalue weighted by Crippen LogP contribution is -2.45. The summed E-state index contributed by atoms with van der Waals surface area (Å²) in [6, 6.07) is 3.64. The topological polar surface area (TPSA) is 66.9 Å². The summed E-state index contributed by atoms with van der Waals surface area (Å²) in [5, 5.41) is -0.375. The van der Waals surface area contributed by atoms with Crippen molar-refractivity contribution in [3.63, 3.8) is 0 Å². The molecule has 1 aromatic carbocycles. The van der Waals surface area contributed by atoms with Gasteiger partial charge in [0.05, 0.1) is 29.6 Å². The molecule has 0 aromatic heterocycles. The first-order valence-corrected chi connectivity index (χ1v) is 13.4. The van der Waals surface area contributed by atoms with E-state index in [4.69, 9.17) is 4.74 Å². The van der Waals surface area contributed by atoms with Crippen LogP contribution in [0.25, 0.3) is 0 Å². The maximum absolute atomic E-state index is 15.2. The number of likely N-dealkylation sites (tertiary alicyclic amines) is 1. The smallest absolute Gasteiger partial charge is 0.227 e. The normalized spacial score (nSPS) is 23.1. The second-order valence-corrected chi connectivity index (χ2v) is 12.3. The van der Waals surface area contributed by atoms with E-state index in [2.05, 4.69) is 4.90 Å². The van der Waals surface area contributed by atoms with Gasteiger partial charge in [0.2, 0.25) is 5.91 Å². The monoisotopic (exact) mass is 468 g/mol. The van der Waals surface area contributed by atoms with Crippen molar-refractivity contribution in [2.24, 2.45) is 5.92 Å². The quantitative estimate of drug-likeness (QED) is 0.641. The molecule has 1 aromatic rings. The lowest BCUT2D eigenvalue weighted by atomic mass is 9.98. The molecule has 0 saturated carbocycles. The third-order valence-electron chi connectivity index (χ3n) is 6.69. The van der Waals surface area contributed by atoms with Gasteiger partial charge in [0.25, 0.3) is 0 Å². The van der Waals surface area contributed by atoms with Gasteiger partial charge < -0.3 is 14.5 Å². The molecule has 0 spiro atoms. The van der Waals surface area contributed by atoms with Crippen LogP contribution in [-0.2, 0) is 25.8 Å². The standard InChI is InChI=1S/C24H37FN2O4S/c1-16(2)32(29,30)15-20-8-10-26(11-9-20)23(28)12-21-6-7-22(19(5)24(21)25)27-13-17(3)31-18(4)14-27/h6-7,16-18,20H,8-15H2,1-5H3/t17-,18+. The molecule has 32 heavy (non-hydrogen) atoms. The Bertz CT molecular complexity index is 916. The molecule has 180 valence electrons. The number of benzene rings is 1. The van der Waals surface area contributed by atoms with Gasteiger partial charge in [0.1, 0.15) is 5.82 Å². The first-order chi connectivity index (χ1) is 15.0. The van der Waals surface area contributed by atoms with E-state index in [0.717, 1.165) is 5.69 Å². The van der Waals surface area contributed by atoms with Crippen molar-refractivity contribution in [3.05, 3.63) is 29.1 Å². The van der Waals surface area contributed by atoms with Gasteiger partial charge in [-0.25, -0.2) is 12.8 Å². The van der Waals surface area contributed by atoms with Gasteiger partial charge in [-0.05, 0) is 65.0 Å². The molecule has 2 aliphatic heterocycles. The fourth-order valence-electron chi connectivity index (χ4n) is 4.73. The third-order valence-corrected chi connectivity index (χ3v) is 9.07. The molecule has 0 radical (unpaired) electrons. The molecule has 0 unspecified atom stereocenters. The Balaban J connectivity index is 1.61. The number of sulfone groups is 1. The van der Waals surface area contributed by atoms with Gasteiger partial charge in [-0.3, -0.25) is 4.79 Å². The largest absolute Gasteiger partial charge is 0.372 e. The summed E-state index contributed by atoms with van der Waals surface area (Å²) in [5.41, 5.74) is 1.83. The van der Waals surface area contributed by atoms with Gasteiger partial charge in [-0.15, -0.1) is 0 Å². The van der Waals surface area contributed by atoms with Gasteiger partial charge in [0.15, 0.2) is 9.84 Å². The minimum absolute atomic E-state index is 0.0256. The van der Waals surface area contributed by atoms with Crippen molar-refractivity contribution in [1.82, 2.24) is 4.90 Å². The fraction of sp³-hybridized carbons (Fsp3) is 0.708. The molecule has 3 rings (SSSR count). The summed E-state index contributed by atoms with van der Waals surface area (Å²) < 4.78 is 45.3. The molecule has 8 heteroatoms. The lowest BCUT2D eigenvalue weighted by molar-refractivity contribution is -0.131. The summed E-state index contributed by atoms with van der Waals surface area (Å²) in [4.78, 5) is 16.7. The van der Waals surface area contributed by atoms with E-state index in [1.165, 1.54) is 0 Å². The van der Waals surface area contributed by atoms with E-state index in [-0.39, 0.29) is 47.3 Å². The Hall–Kier alpha value is -1.67. The molecule has 0 aliphatic carbocycles. The average molecular weight is 469 g/mol. The molecular formula is C24H37FN2O4S. The van der Waals surface area contributed by atoms with Crippen LogP contribution < -0.4 is 4.90 Å². The second-order valence-electron chi connectivity index (χ2n) is 9.72. The highest BCUT2D eigenvalue weighted by molar-refractivity contribution is 7.91. The SMILES string of the molecule is Cc1c(N2C[C@@H](C)O[C@@H](C)C2)ccc(CC(=O)N2CCC(CS(=O)(=O)C(C)C)CC2)c1F. The molecule has 0 bridgehead atoms. The molecule has 2 saturated heterocycles. The predicted octanol–water partition coefficient (Wildman–Crippen LogP) is 3.35. The lowest BCUT2D eigenvalue weighted by Gasteiger charge is -2.37. The molecule has 1 amide bonds. The number of ether oxygens (including phenoxy) is 1. The Kier molecular flexibility index (Phi) is 7.86. The van der Waals surface area contributed by atoms with E-state index in [1.807, 2.05) is 19.9 Å². The van der Waals surface area contributed by atoms with Crippen molar-refractivity contribution in [2.45, 2.75) is 71.3 Å². The Morgan fingerprint density at radius 1 is 1.16 bits per heavy atom. The number of piperidine rings is 1. The third kappa shape index (κ3) is 5.81. The van der Waals surface area contributed by atoms with Crippen LogP contribution in [0.2, 0.25) is 0 Å². The van der Waals surface area contributed by atoms with Gasteiger partial charge in [-0.1, -0.05) is 6.07 Å².